The second kappa shape index (κ2) is 71.8. The Kier molecular flexibility index (Phi) is 70.4. The highest BCUT2D eigenvalue weighted by Crippen LogP contribution is 2.20. The summed E-state index contributed by atoms with van der Waals surface area (Å²) < 4.78 is 5.51. The quantitative estimate of drug-likeness (QED) is 0.0320. The molecule has 0 aliphatic heterocycles. The fraction of sp³-hybridized carbons (Fsp3) is 0.921. The maximum absolute atomic E-state index is 12.5. The van der Waals surface area contributed by atoms with Gasteiger partial charge in [0.2, 0.25) is 5.91 Å². The molecular weight excluding hydrogens is 1010 g/mol. The Morgan fingerprint density at radius 2 is 0.610 bits per heavy atom. The van der Waals surface area contributed by atoms with Gasteiger partial charge in [-0.25, -0.2) is 0 Å². The highest BCUT2D eigenvalue weighted by molar-refractivity contribution is 5.76. The van der Waals surface area contributed by atoms with Crippen LogP contribution in [-0.2, 0) is 14.3 Å². The molecule has 82 heavy (non-hydrogen) atoms. The van der Waals surface area contributed by atoms with Crippen LogP contribution in [-0.4, -0.2) is 47.4 Å². The van der Waals surface area contributed by atoms with Crippen LogP contribution in [0.4, 0.5) is 0 Å². The topological polar surface area (TPSA) is 95.9 Å². The smallest absolute Gasteiger partial charge is 0.305 e. The lowest BCUT2D eigenvalue weighted by atomic mass is 10.0. The highest BCUT2D eigenvalue weighted by atomic mass is 16.5. The van der Waals surface area contributed by atoms with Gasteiger partial charge in [0.05, 0.1) is 25.4 Å². The number of rotatable bonds is 71. The van der Waals surface area contributed by atoms with Gasteiger partial charge >= 0.3 is 5.97 Å². The summed E-state index contributed by atoms with van der Waals surface area (Å²) in [6.07, 6.45) is 91.1. The monoisotopic (exact) mass is 1150 g/mol. The molecule has 0 aliphatic rings. The van der Waals surface area contributed by atoms with Gasteiger partial charge in [-0.2, -0.15) is 0 Å². The molecule has 0 aromatic heterocycles. The molecule has 6 heteroatoms. The van der Waals surface area contributed by atoms with Crippen molar-refractivity contribution in [2.75, 3.05) is 13.2 Å². The number of amides is 1. The number of carbonyl (C=O) groups is 2. The minimum atomic E-state index is -0.660. The predicted octanol–water partition coefficient (Wildman–Crippen LogP) is 24.5. The second-order valence-corrected chi connectivity index (χ2v) is 26.0. The SMILES string of the molecule is CCCCCC/C=C\C/C=C\CCCCCCCCCC(=O)OCCCCCCCCCCCCCCCCCCCCCCCCCCCCCCCCCCC(=O)NC(CO)C(O)CCCCCCCCCCCCCCCCC. The molecule has 0 saturated carbocycles. The first-order chi connectivity index (χ1) is 40.5. The van der Waals surface area contributed by atoms with Crippen LogP contribution in [0, 0.1) is 0 Å². The molecule has 1 amide bonds. The lowest BCUT2D eigenvalue weighted by molar-refractivity contribution is -0.143. The van der Waals surface area contributed by atoms with Crippen LogP contribution in [0.25, 0.3) is 0 Å². The number of carbonyl (C=O) groups excluding carboxylic acids is 2. The van der Waals surface area contributed by atoms with Crippen molar-refractivity contribution < 1.29 is 24.5 Å². The largest absolute Gasteiger partial charge is 0.466 e. The number of hydrogen-bond acceptors (Lipinski definition) is 5. The van der Waals surface area contributed by atoms with Crippen LogP contribution in [0.1, 0.15) is 425 Å². The number of ether oxygens (including phenoxy) is 1. The molecule has 0 aromatic rings. The Balaban J connectivity index is 3.31. The first kappa shape index (κ1) is 80.3. The standard InChI is InChI=1S/C76H147NO5/c1-3-5-7-9-11-13-15-17-19-20-38-42-46-50-54-58-62-66-70-76(81)82-71-67-63-59-55-51-47-43-39-36-34-32-30-28-26-24-22-21-23-25-27-29-31-33-35-37-41-45-49-53-57-61-65-69-75(80)77-73(72-78)74(79)68-64-60-56-52-48-44-40-18-16-14-12-10-8-6-4-2/h13,15,19-20,73-74,78-79H,3-12,14,16-18,21-72H2,1-2H3,(H,77,80)/b15-13-,20-19-. The number of unbranched alkanes of at least 4 members (excludes halogenated alkanes) is 56. The van der Waals surface area contributed by atoms with Crippen LogP contribution >= 0.6 is 0 Å². The van der Waals surface area contributed by atoms with E-state index in [1.54, 1.807) is 0 Å². The summed E-state index contributed by atoms with van der Waals surface area (Å²) in [6.45, 7) is 4.97. The molecule has 0 spiro atoms. The first-order valence-corrected chi connectivity index (χ1v) is 37.6. The third kappa shape index (κ3) is 67.5. The zero-order chi connectivity index (χ0) is 59.2. The number of nitrogens with one attached hydrogen (secondary N) is 1. The Hall–Kier alpha value is -1.66. The van der Waals surface area contributed by atoms with Crippen LogP contribution in [0.3, 0.4) is 0 Å². The summed E-state index contributed by atoms with van der Waals surface area (Å²) in [5.74, 6) is -0.0125. The average Bonchev–Trinajstić information content (AvgIpc) is 3.48. The Morgan fingerprint density at radius 3 is 0.939 bits per heavy atom. The molecule has 3 N–H and O–H groups in total. The Labute approximate surface area is 513 Å². The zero-order valence-corrected chi connectivity index (χ0v) is 55.8. The van der Waals surface area contributed by atoms with Crippen molar-refractivity contribution in [2.24, 2.45) is 0 Å². The Bertz CT molecular complexity index is 1280. The number of hydrogen-bond donors (Lipinski definition) is 3. The van der Waals surface area contributed by atoms with Crippen LogP contribution < -0.4 is 5.32 Å². The van der Waals surface area contributed by atoms with E-state index >= 15 is 0 Å². The molecule has 0 saturated heterocycles. The van der Waals surface area contributed by atoms with E-state index < -0.39 is 12.1 Å². The van der Waals surface area contributed by atoms with E-state index in [9.17, 15) is 19.8 Å². The van der Waals surface area contributed by atoms with Gasteiger partial charge in [-0.05, 0) is 57.8 Å². The van der Waals surface area contributed by atoms with E-state index in [4.69, 9.17) is 4.74 Å². The minimum absolute atomic E-state index is 0.0147. The number of esters is 1. The van der Waals surface area contributed by atoms with Crippen molar-refractivity contribution in [3.8, 4) is 0 Å². The van der Waals surface area contributed by atoms with Gasteiger partial charge in [-0.3, -0.25) is 9.59 Å². The van der Waals surface area contributed by atoms with Gasteiger partial charge in [-0.15, -0.1) is 0 Å². The minimum Gasteiger partial charge on any atom is -0.466 e. The van der Waals surface area contributed by atoms with Crippen molar-refractivity contribution in [3.05, 3.63) is 24.3 Å². The third-order valence-electron chi connectivity index (χ3n) is 17.8. The molecule has 0 bridgehead atoms. The predicted molar refractivity (Wildman–Crippen MR) is 361 cm³/mol. The molecule has 0 rings (SSSR count). The van der Waals surface area contributed by atoms with Gasteiger partial charge < -0.3 is 20.3 Å². The van der Waals surface area contributed by atoms with E-state index in [-0.39, 0.29) is 18.5 Å². The van der Waals surface area contributed by atoms with Gasteiger partial charge in [0.15, 0.2) is 0 Å². The molecular formula is C76H147NO5. The molecule has 0 fully saturated rings. The number of aliphatic hydroxyl groups excluding tert-OH is 2. The molecule has 0 radical (unpaired) electrons. The van der Waals surface area contributed by atoms with Gasteiger partial charge in [-0.1, -0.05) is 378 Å². The molecule has 0 heterocycles. The summed E-state index contributed by atoms with van der Waals surface area (Å²) in [5.41, 5.74) is 0. The van der Waals surface area contributed by atoms with Crippen LogP contribution in [0.5, 0.6) is 0 Å². The van der Waals surface area contributed by atoms with Crippen molar-refractivity contribution >= 4 is 11.9 Å². The lowest BCUT2D eigenvalue weighted by Gasteiger charge is -2.22. The van der Waals surface area contributed by atoms with E-state index in [1.807, 2.05) is 0 Å². The average molecular weight is 1160 g/mol. The van der Waals surface area contributed by atoms with Gasteiger partial charge in [0.25, 0.3) is 0 Å². The van der Waals surface area contributed by atoms with Crippen molar-refractivity contribution in [3.63, 3.8) is 0 Å². The second-order valence-electron chi connectivity index (χ2n) is 26.0. The molecule has 486 valence electrons. The van der Waals surface area contributed by atoms with Crippen LogP contribution in [0.2, 0.25) is 0 Å². The fourth-order valence-electron chi connectivity index (χ4n) is 12.0. The van der Waals surface area contributed by atoms with E-state index in [0.717, 1.165) is 51.4 Å². The molecule has 2 atom stereocenters. The normalized spacial score (nSPS) is 12.6. The Morgan fingerprint density at radius 1 is 0.341 bits per heavy atom. The number of allylic oxidation sites excluding steroid dienone is 4. The van der Waals surface area contributed by atoms with Crippen molar-refractivity contribution in [1.29, 1.82) is 0 Å². The summed E-state index contributed by atoms with van der Waals surface area (Å²) in [5, 5.41) is 23.4. The summed E-state index contributed by atoms with van der Waals surface area (Å²) in [7, 11) is 0. The maximum Gasteiger partial charge on any atom is 0.305 e. The summed E-state index contributed by atoms with van der Waals surface area (Å²) in [4.78, 5) is 24.6. The molecule has 0 aromatic carbocycles. The molecule has 0 aliphatic carbocycles. The first-order valence-electron chi connectivity index (χ1n) is 37.6. The lowest BCUT2D eigenvalue weighted by Crippen LogP contribution is -2.45. The van der Waals surface area contributed by atoms with E-state index in [1.165, 1.54) is 340 Å². The van der Waals surface area contributed by atoms with Gasteiger partial charge in [0, 0.05) is 12.8 Å². The zero-order valence-electron chi connectivity index (χ0n) is 55.8. The van der Waals surface area contributed by atoms with Crippen molar-refractivity contribution in [2.45, 2.75) is 437 Å². The van der Waals surface area contributed by atoms with Gasteiger partial charge in [0.1, 0.15) is 0 Å². The molecule has 6 nitrogen and oxygen atoms in total. The van der Waals surface area contributed by atoms with E-state index in [0.29, 0.717) is 25.9 Å². The summed E-state index contributed by atoms with van der Waals surface area (Å²) >= 11 is 0. The fourth-order valence-corrected chi connectivity index (χ4v) is 12.0. The third-order valence-corrected chi connectivity index (χ3v) is 17.8. The highest BCUT2D eigenvalue weighted by Gasteiger charge is 2.20. The number of aliphatic hydroxyl groups is 2. The molecule has 2 unspecified atom stereocenters. The van der Waals surface area contributed by atoms with Crippen molar-refractivity contribution in [1.82, 2.24) is 5.32 Å². The van der Waals surface area contributed by atoms with Crippen LogP contribution in [0.15, 0.2) is 24.3 Å². The van der Waals surface area contributed by atoms with E-state index in [2.05, 4.69) is 43.5 Å². The summed E-state index contributed by atoms with van der Waals surface area (Å²) in [6, 6.07) is -0.537. The maximum atomic E-state index is 12.5.